The standard InChI is InChI=1S/C17H22O5/c1-4-14(5-2)22-15-9-7-13(8-10-15)16(18)11-20-12-17(19)21-6-3/h4,7-10H,5-6,11-12H2,1-3H3. The topological polar surface area (TPSA) is 61.8 Å². The molecule has 0 aliphatic heterocycles. The number of ether oxygens (including phenoxy) is 3. The molecule has 0 aliphatic carbocycles. The Bertz CT molecular complexity index is 516. The van der Waals surface area contributed by atoms with Gasteiger partial charge in [-0.1, -0.05) is 6.92 Å². The van der Waals surface area contributed by atoms with Crippen molar-refractivity contribution in [3.63, 3.8) is 0 Å². The molecule has 0 radical (unpaired) electrons. The zero-order valence-corrected chi connectivity index (χ0v) is 13.3. The molecule has 0 amide bonds. The molecular formula is C17H22O5. The van der Waals surface area contributed by atoms with Crippen molar-refractivity contribution in [3.05, 3.63) is 41.7 Å². The third kappa shape index (κ3) is 6.10. The van der Waals surface area contributed by atoms with E-state index in [-0.39, 0.29) is 19.0 Å². The molecule has 5 heteroatoms. The second kappa shape index (κ2) is 9.73. The van der Waals surface area contributed by atoms with E-state index in [0.29, 0.717) is 17.9 Å². The van der Waals surface area contributed by atoms with Crippen LogP contribution in [0.3, 0.4) is 0 Å². The first-order valence-corrected chi connectivity index (χ1v) is 7.30. The average Bonchev–Trinajstić information content (AvgIpc) is 2.53. The smallest absolute Gasteiger partial charge is 0.332 e. The van der Waals surface area contributed by atoms with E-state index in [1.165, 1.54) is 0 Å². The van der Waals surface area contributed by atoms with Gasteiger partial charge < -0.3 is 14.2 Å². The van der Waals surface area contributed by atoms with Crippen molar-refractivity contribution in [2.45, 2.75) is 27.2 Å². The van der Waals surface area contributed by atoms with E-state index in [1.807, 2.05) is 19.9 Å². The second-order valence-electron chi connectivity index (χ2n) is 4.46. The second-order valence-corrected chi connectivity index (χ2v) is 4.46. The predicted molar refractivity (Wildman–Crippen MR) is 82.9 cm³/mol. The summed E-state index contributed by atoms with van der Waals surface area (Å²) in [7, 11) is 0. The molecule has 0 spiro atoms. The number of allylic oxidation sites excluding steroid dienone is 2. The summed E-state index contributed by atoms with van der Waals surface area (Å²) >= 11 is 0. The van der Waals surface area contributed by atoms with E-state index < -0.39 is 5.97 Å². The van der Waals surface area contributed by atoms with Gasteiger partial charge in [0.15, 0.2) is 5.78 Å². The van der Waals surface area contributed by atoms with Gasteiger partial charge in [0.1, 0.15) is 19.0 Å². The molecule has 0 saturated carbocycles. The summed E-state index contributed by atoms with van der Waals surface area (Å²) in [6.45, 7) is 5.55. The highest BCUT2D eigenvalue weighted by atomic mass is 16.6. The van der Waals surface area contributed by atoms with Gasteiger partial charge in [0.2, 0.25) is 0 Å². The summed E-state index contributed by atoms with van der Waals surface area (Å²) in [5.41, 5.74) is 0.509. The van der Waals surface area contributed by atoms with Crippen LogP contribution in [0.15, 0.2) is 36.1 Å². The minimum atomic E-state index is -0.475. The highest BCUT2D eigenvalue weighted by Crippen LogP contribution is 2.17. The van der Waals surface area contributed by atoms with Crippen molar-refractivity contribution >= 4 is 11.8 Å². The molecule has 22 heavy (non-hydrogen) atoms. The number of hydrogen-bond donors (Lipinski definition) is 0. The molecule has 1 rings (SSSR count). The van der Waals surface area contributed by atoms with Crippen molar-refractivity contribution in [1.29, 1.82) is 0 Å². The number of esters is 1. The van der Waals surface area contributed by atoms with Gasteiger partial charge in [-0.3, -0.25) is 4.79 Å². The monoisotopic (exact) mass is 306 g/mol. The molecular weight excluding hydrogens is 284 g/mol. The number of benzene rings is 1. The van der Waals surface area contributed by atoms with Gasteiger partial charge in [-0.25, -0.2) is 4.79 Å². The Morgan fingerprint density at radius 1 is 1.09 bits per heavy atom. The molecule has 120 valence electrons. The van der Waals surface area contributed by atoms with Crippen molar-refractivity contribution in [3.8, 4) is 5.75 Å². The number of carbonyl (C=O) groups is 2. The minimum Gasteiger partial charge on any atom is -0.464 e. The summed E-state index contributed by atoms with van der Waals surface area (Å²) in [6.07, 6.45) is 2.71. The summed E-state index contributed by atoms with van der Waals surface area (Å²) in [6, 6.07) is 6.82. The fraction of sp³-hybridized carbons (Fsp3) is 0.412. The number of ketones is 1. The molecule has 0 heterocycles. The predicted octanol–water partition coefficient (Wildman–Crippen LogP) is 3.14. The molecule has 0 bridgehead atoms. The molecule has 0 saturated heterocycles. The first-order valence-electron chi connectivity index (χ1n) is 7.30. The fourth-order valence-corrected chi connectivity index (χ4v) is 1.71. The van der Waals surface area contributed by atoms with Gasteiger partial charge in [0.05, 0.1) is 12.4 Å². The number of rotatable bonds is 9. The number of hydrogen-bond acceptors (Lipinski definition) is 5. The van der Waals surface area contributed by atoms with Crippen molar-refractivity contribution < 1.29 is 23.8 Å². The molecule has 1 aromatic rings. The lowest BCUT2D eigenvalue weighted by Gasteiger charge is -2.08. The largest absolute Gasteiger partial charge is 0.464 e. The Labute approximate surface area is 130 Å². The van der Waals surface area contributed by atoms with Crippen LogP contribution in [0, 0.1) is 0 Å². The van der Waals surface area contributed by atoms with E-state index in [1.54, 1.807) is 31.2 Å². The molecule has 0 unspecified atom stereocenters. The summed E-state index contributed by atoms with van der Waals surface area (Å²) in [5, 5.41) is 0. The molecule has 0 aliphatic rings. The van der Waals surface area contributed by atoms with Gasteiger partial charge in [-0.15, -0.1) is 0 Å². The van der Waals surface area contributed by atoms with E-state index in [2.05, 4.69) is 0 Å². The first kappa shape index (κ1) is 17.9. The van der Waals surface area contributed by atoms with Crippen LogP contribution in [0.4, 0.5) is 0 Å². The van der Waals surface area contributed by atoms with E-state index in [9.17, 15) is 9.59 Å². The summed E-state index contributed by atoms with van der Waals surface area (Å²) in [5.74, 6) is 0.880. The van der Waals surface area contributed by atoms with Gasteiger partial charge in [0, 0.05) is 12.0 Å². The normalized spacial score (nSPS) is 11.1. The maximum absolute atomic E-state index is 11.9. The maximum atomic E-state index is 11.9. The van der Waals surface area contributed by atoms with Crippen LogP contribution in [0.25, 0.3) is 0 Å². The van der Waals surface area contributed by atoms with Crippen LogP contribution < -0.4 is 4.74 Å². The van der Waals surface area contributed by atoms with E-state index >= 15 is 0 Å². The van der Waals surface area contributed by atoms with Crippen LogP contribution >= 0.6 is 0 Å². The fourth-order valence-electron chi connectivity index (χ4n) is 1.71. The highest BCUT2D eigenvalue weighted by molar-refractivity contribution is 5.97. The van der Waals surface area contributed by atoms with E-state index in [4.69, 9.17) is 14.2 Å². The third-order valence-electron chi connectivity index (χ3n) is 2.85. The van der Waals surface area contributed by atoms with Gasteiger partial charge >= 0.3 is 5.97 Å². The molecule has 1 aromatic carbocycles. The number of carbonyl (C=O) groups excluding carboxylic acids is 2. The molecule has 0 aromatic heterocycles. The Morgan fingerprint density at radius 3 is 2.32 bits per heavy atom. The van der Waals surface area contributed by atoms with Crippen LogP contribution in [-0.2, 0) is 14.3 Å². The van der Waals surface area contributed by atoms with Crippen LogP contribution in [-0.4, -0.2) is 31.6 Å². The summed E-state index contributed by atoms with van der Waals surface area (Å²) < 4.78 is 15.4. The van der Waals surface area contributed by atoms with E-state index in [0.717, 1.165) is 12.2 Å². The van der Waals surface area contributed by atoms with Crippen molar-refractivity contribution in [1.82, 2.24) is 0 Å². The quantitative estimate of drug-likeness (QED) is 0.398. The van der Waals surface area contributed by atoms with Crippen LogP contribution in [0.5, 0.6) is 5.75 Å². The Morgan fingerprint density at radius 2 is 1.77 bits per heavy atom. The van der Waals surface area contributed by atoms with Crippen LogP contribution in [0.2, 0.25) is 0 Å². The first-order chi connectivity index (χ1) is 10.6. The maximum Gasteiger partial charge on any atom is 0.332 e. The van der Waals surface area contributed by atoms with Gasteiger partial charge in [-0.2, -0.15) is 0 Å². The van der Waals surface area contributed by atoms with Crippen LogP contribution in [0.1, 0.15) is 37.6 Å². The summed E-state index contributed by atoms with van der Waals surface area (Å²) in [4.78, 5) is 23.0. The van der Waals surface area contributed by atoms with Gasteiger partial charge in [-0.05, 0) is 44.2 Å². The lowest BCUT2D eigenvalue weighted by Crippen LogP contribution is -2.17. The lowest BCUT2D eigenvalue weighted by atomic mass is 10.1. The van der Waals surface area contributed by atoms with Crippen molar-refractivity contribution in [2.75, 3.05) is 19.8 Å². The Hall–Kier alpha value is -2.14. The molecule has 0 N–H and O–H groups in total. The Balaban J connectivity index is 2.48. The lowest BCUT2D eigenvalue weighted by molar-refractivity contribution is -0.147. The minimum absolute atomic E-state index is 0.159. The SMILES string of the molecule is CC=C(CC)Oc1ccc(C(=O)COCC(=O)OCC)cc1. The highest BCUT2D eigenvalue weighted by Gasteiger charge is 2.09. The average molecular weight is 306 g/mol. The zero-order valence-electron chi connectivity index (χ0n) is 13.3. The molecule has 0 atom stereocenters. The van der Waals surface area contributed by atoms with Crippen molar-refractivity contribution in [2.24, 2.45) is 0 Å². The number of Topliss-reactive ketones (excluding diaryl/α,β-unsaturated/α-hetero) is 1. The van der Waals surface area contributed by atoms with Gasteiger partial charge in [0.25, 0.3) is 0 Å². The third-order valence-corrected chi connectivity index (χ3v) is 2.85. The zero-order chi connectivity index (χ0) is 16.4. The molecule has 0 fully saturated rings. The Kier molecular flexibility index (Phi) is 7.92. The molecule has 5 nitrogen and oxygen atoms in total.